The molecule has 0 aromatic heterocycles. The van der Waals surface area contributed by atoms with Crippen LogP contribution >= 0.6 is 0 Å². The molecule has 1 amide bonds. The van der Waals surface area contributed by atoms with Gasteiger partial charge in [0.1, 0.15) is 17.2 Å². The Labute approximate surface area is 177 Å². The quantitative estimate of drug-likeness (QED) is 0.806. The number of benzene rings is 2. The molecule has 1 spiro atoms. The second-order valence-corrected chi connectivity index (χ2v) is 8.12. The van der Waals surface area contributed by atoms with Crippen LogP contribution in [0.2, 0.25) is 0 Å². The molecule has 0 unspecified atom stereocenters. The van der Waals surface area contributed by atoms with Crippen molar-refractivity contribution >= 4 is 11.5 Å². The summed E-state index contributed by atoms with van der Waals surface area (Å²) in [5.41, 5.74) is 4.07. The topological polar surface area (TPSA) is 41.6 Å². The zero-order chi connectivity index (χ0) is 21.3. The second-order valence-electron chi connectivity index (χ2n) is 8.12. The van der Waals surface area contributed by atoms with Crippen molar-refractivity contribution in [3.63, 3.8) is 0 Å². The number of hydrogen-bond donors (Lipinski definition) is 1. The van der Waals surface area contributed by atoms with Gasteiger partial charge in [0.15, 0.2) is 0 Å². The first-order valence-electron chi connectivity index (χ1n) is 10.8. The van der Waals surface area contributed by atoms with Crippen LogP contribution in [0.3, 0.4) is 0 Å². The second kappa shape index (κ2) is 8.23. The van der Waals surface area contributed by atoms with Gasteiger partial charge in [0.2, 0.25) is 0 Å². The number of carbonyl (C=O) groups excluding carboxylic acids is 1. The maximum absolute atomic E-state index is 14.1. The first-order valence-corrected chi connectivity index (χ1v) is 10.8. The number of piperidine rings is 1. The number of ether oxygens (including phenoxy) is 1. The van der Waals surface area contributed by atoms with Gasteiger partial charge in [0.25, 0.3) is 5.91 Å². The predicted octanol–water partition coefficient (Wildman–Crippen LogP) is 4.56. The number of fused-ring (bicyclic) bond motifs is 1. The normalized spacial score (nSPS) is 17.1. The van der Waals surface area contributed by atoms with E-state index in [2.05, 4.69) is 11.4 Å². The van der Waals surface area contributed by atoms with Gasteiger partial charge in [-0.05, 0) is 87.0 Å². The van der Waals surface area contributed by atoms with Crippen molar-refractivity contribution in [2.45, 2.75) is 39.2 Å². The molecule has 5 heteroatoms. The van der Waals surface area contributed by atoms with Gasteiger partial charge >= 0.3 is 0 Å². The summed E-state index contributed by atoms with van der Waals surface area (Å²) < 4.78 is 20.5. The molecular weight excluding hydrogens is 379 g/mol. The van der Waals surface area contributed by atoms with Gasteiger partial charge in [0.05, 0.1) is 0 Å². The lowest BCUT2D eigenvalue weighted by molar-refractivity contribution is 0.0772. The minimum atomic E-state index is -0.381. The summed E-state index contributed by atoms with van der Waals surface area (Å²) in [6, 6.07) is 10.5. The molecule has 2 aromatic carbocycles. The van der Waals surface area contributed by atoms with Gasteiger partial charge in [-0.3, -0.25) is 4.79 Å². The van der Waals surface area contributed by atoms with E-state index in [1.54, 1.807) is 12.1 Å². The van der Waals surface area contributed by atoms with Crippen LogP contribution in [0, 0.1) is 12.7 Å². The average Bonchev–Trinajstić information content (AvgIpc) is 2.75. The van der Waals surface area contributed by atoms with Crippen molar-refractivity contribution in [1.29, 1.82) is 0 Å². The van der Waals surface area contributed by atoms with E-state index >= 15 is 0 Å². The highest BCUT2D eigenvalue weighted by atomic mass is 19.1. The molecule has 0 aliphatic carbocycles. The van der Waals surface area contributed by atoms with E-state index < -0.39 is 0 Å². The Kier molecular flexibility index (Phi) is 5.65. The molecule has 1 fully saturated rings. The number of amides is 1. The molecule has 2 aliphatic rings. The third kappa shape index (κ3) is 3.74. The lowest BCUT2D eigenvalue weighted by atomic mass is 9.82. The van der Waals surface area contributed by atoms with Crippen LogP contribution in [0.4, 0.5) is 4.39 Å². The lowest BCUT2D eigenvalue weighted by Gasteiger charge is -2.40. The molecule has 2 aliphatic heterocycles. The van der Waals surface area contributed by atoms with Crippen molar-refractivity contribution in [1.82, 2.24) is 10.2 Å². The van der Waals surface area contributed by atoms with Crippen LogP contribution in [-0.4, -0.2) is 42.6 Å². The van der Waals surface area contributed by atoms with Crippen LogP contribution in [0.25, 0.3) is 5.57 Å². The van der Waals surface area contributed by atoms with Crippen molar-refractivity contribution < 1.29 is 13.9 Å². The smallest absolute Gasteiger partial charge is 0.253 e. The Morgan fingerprint density at radius 2 is 1.83 bits per heavy atom. The van der Waals surface area contributed by atoms with E-state index in [1.165, 1.54) is 6.07 Å². The zero-order valence-electron chi connectivity index (χ0n) is 17.9. The maximum atomic E-state index is 14.1. The minimum Gasteiger partial charge on any atom is -0.482 e. The van der Waals surface area contributed by atoms with Crippen LogP contribution < -0.4 is 10.1 Å². The summed E-state index contributed by atoms with van der Waals surface area (Å²) >= 11 is 0. The summed E-state index contributed by atoms with van der Waals surface area (Å²) in [5, 5.41) is 3.39. The highest BCUT2D eigenvalue weighted by Gasteiger charge is 2.37. The Hall–Kier alpha value is -2.66. The third-order valence-corrected chi connectivity index (χ3v) is 6.22. The Morgan fingerprint density at radius 3 is 2.50 bits per heavy atom. The number of halogens is 1. The monoisotopic (exact) mass is 408 g/mol. The van der Waals surface area contributed by atoms with Crippen molar-refractivity contribution in [2.75, 3.05) is 26.2 Å². The fourth-order valence-corrected chi connectivity index (χ4v) is 4.50. The number of rotatable bonds is 4. The molecule has 2 aromatic rings. The molecule has 2 heterocycles. The fourth-order valence-electron chi connectivity index (χ4n) is 4.50. The summed E-state index contributed by atoms with van der Waals surface area (Å²) in [7, 11) is 0. The summed E-state index contributed by atoms with van der Waals surface area (Å²) in [5.74, 6) is 0.478. The third-order valence-electron chi connectivity index (χ3n) is 6.22. The predicted molar refractivity (Wildman–Crippen MR) is 117 cm³/mol. The molecule has 0 atom stereocenters. The molecule has 4 nitrogen and oxygen atoms in total. The van der Waals surface area contributed by atoms with Crippen LogP contribution in [0.15, 0.2) is 42.5 Å². The van der Waals surface area contributed by atoms with Gasteiger partial charge < -0.3 is 15.0 Å². The van der Waals surface area contributed by atoms with Gasteiger partial charge in [-0.15, -0.1) is 0 Å². The molecular formula is C25H29FN2O2. The summed E-state index contributed by atoms with van der Waals surface area (Å²) in [4.78, 5) is 14.6. The van der Waals surface area contributed by atoms with E-state index in [0.29, 0.717) is 18.7 Å². The summed E-state index contributed by atoms with van der Waals surface area (Å²) in [6.45, 7) is 9.12. The Bertz CT molecular complexity index is 989. The van der Waals surface area contributed by atoms with Gasteiger partial charge in [-0.25, -0.2) is 4.39 Å². The van der Waals surface area contributed by atoms with Crippen LogP contribution in [0.5, 0.6) is 5.75 Å². The molecule has 4 rings (SSSR count). The standard InChI is InChI=1S/C25H29FN2O2/c1-4-28(5-2)24(29)18-6-8-20(17(3)14-18)22-16-25(10-12-27-13-11-25)30-23-9-7-19(26)15-21(22)23/h6-9,14-16,27H,4-5,10-13H2,1-3H3. The van der Waals surface area contributed by atoms with E-state index in [9.17, 15) is 9.18 Å². The number of carbonyl (C=O) groups is 1. The minimum absolute atomic E-state index is 0.0388. The van der Waals surface area contributed by atoms with Crippen LogP contribution in [0.1, 0.15) is 53.7 Å². The van der Waals surface area contributed by atoms with Crippen molar-refractivity contribution in [2.24, 2.45) is 0 Å². The molecule has 0 radical (unpaired) electrons. The lowest BCUT2D eigenvalue weighted by Crippen LogP contribution is -2.46. The Morgan fingerprint density at radius 1 is 1.10 bits per heavy atom. The number of nitrogens with one attached hydrogen (secondary N) is 1. The van der Waals surface area contributed by atoms with Crippen LogP contribution in [-0.2, 0) is 0 Å². The molecule has 0 saturated carbocycles. The molecule has 1 N–H and O–H groups in total. The highest BCUT2D eigenvalue weighted by Crippen LogP contribution is 2.43. The number of aryl methyl sites for hydroxylation is 1. The SMILES string of the molecule is CCN(CC)C(=O)c1ccc(C2=CC3(CCNCC3)Oc3ccc(F)cc32)c(C)c1. The first kappa shape index (κ1) is 20.6. The van der Waals surface area contributed by atoms with Crippen molar-refractivity contribution in [3.8, 4) is 5.75 Å². The van der Waals surface area contributed by atoms with Gasteiger partial charge in [0, 0.05) is 37.1 Å². The molecule has 30 heavy (non-hydrogen) atoms. The maximum Gasteiger partial charge on any atom is 0.253 e. The fraction of sp³-hybridized carbons (Fsp3) is 0.400. The van der Waals surface area contributed by atoms with Gasteiger partial charge in [-0.1, -0.05) is 6.07 Å². The average molecular weight is 409 g/mol. The highest BCUT2D eigenvalue weighted by molar-refractivity contribution is 5.95. The Balaban J connectivity index is 1.79. The molecule has 0 bridgehead atoms. The van der Waals surface area contributed by atoms with Gasteiger partial charge in [-0.2, -0.15) is 0 Å². The summed E-state index contributed by atoms with van der Waals surface area (Å²) in [6.07, 6.45) is 3.90. The van der Waals surface area contributed by atoms with E-state index in [0.717, 1.165) is 53.9 Å². The largest absolute Gasteiger partial charge is 0.482 e. The first-order chi connectivity index (χ1) is 14.5. The molecule has 158 valence electrons. The van der Waals surface area contributed by atoms with Crippen molar-refractivity contribution in [3.05, 3.63) is 70.5 Å². The number of hydrogen-bond acceptors (Lipinski definition) is 3. The van der Waals surface area contributed by atoms with E-state index in [4.69, 9.17) is 4.74 Å². The number of nitrogens with zero attached hydrogens (tertiary/aromatic N) is 1. The zero-order valence-corrected chi connectivity index (χ0v) is 17.9. The van der Waals surface area contributed by atoms with E-state index in [-0.39, 0.29) is 17.3 Å². The van der Waals surface area contributed by atoms with E-state index in [1.807, 2.05) is 43.9 Å². The molecule has 1 saturated heterocycles.